The molecule has 1 heterocycles. The molecule has 1 fully saturated rings. The summed E-state index contributed by atoms with van der Waals surface area (Å²) in [5, 5.41) is 3.55. The lowest BCUT2D eigenvalue weighted by molar-refractivity contribution is -0.137. The van der Waals surface area contributed by atoms with Crippen molar-refractivity contribution in [1.29, 1.82) is 0 Å². The van der Waals surface area contributed by atoms with E-state index in [4.69, 9.17) is 4.74 Å². The van der Waals surface area contributed by atoms with Gasteiger partial charge in [-0.15, -0.1) is 0 Å². The van der Waals surface area contributed by atoms with Gasteiger partial charge in [0.15, 0.2) is 0 Å². The summed E-state index contributed by atoms with van der Waals surface area (Å²) in [6, 6.07) is 0. The highest BCUT2D eigenvalue weighted by molar-refractivity contribution is 5.73. The van der Waals surface area contributed by atoms with Crippen LogP contribution in [0.5, 0.6) is 0 Å². The van der Waals surface area contributed by atoms with Crippen LogP contribution in [-0.2, 0) is 9.53 Å². The van der Waals surface area contributed by atoms with Gasteiger partial charge in [-0.1, -0.05) is 13.8 Å². The van der Waals surface area contributed by atoms with Crippen molar-refractivity contribution in [3.8, 4) is 0 Å². The van der Waals surface area contributed by atoms with Crippen LogP contribution in [-0.4, -0.2) is 48.7 Å². The minimum atomic E-state index is 0.135. The van der Waals surface area contributed by atoms with E-state index in [1.54, 1.807) is 6.92 Å². The van der Waals surface area contributed by atoms with Crippen molar-refractivity contribution in [2.24, 2.45) is 5.41 Å². The Bertz CT molecular complexity index is 308. The predicted octanol–water partition coefficient (Wildman–Crippen LogP) is 2.04. The molecule has 0 aromatic rings. The fraction of sp³-hybridized carbons (Fsp3) is 0.933. The number of nitrogens with one attached hydrogen (secondary N) is 1. The summed E-state index contributed by atoms with van der Waals surface area (Å²) < 4.78 is 5.80. The molecule has 1 aliphatic rings. The fourth-order valence-electron chi connectivity index (χ4n) is 2.32. The maximum atomic E-state index is 11.4. The van der Waals surface area contributed by atoms with Gasteiger partial charge in [-0.05, 0) is 32.6 Å². The van der Waals surface area contributed by atoms with Gasteiger partial charge >= 0.3 is 0 Å². The van der Waals surface area contributed by atoms with Crippen LogP contribution < -0.4 is 5.32 Å². The van der Waals surface area contributed by atoms with Crippen molar-refractivity contribution >= 4 is 5.91 Å². The molecule has 0 saturated carbocycles. The SMILES string of the molecule is CC(=O)N1CCO[C@@H](CC(C)(C)CNC(C)(C)C)C1. The van der Waals surface area contributed by atoms with Crippen molar-refractivity contribution in [3.05, 3.63) is 0 Å². The van der Waals surface area contributed by atoms with E-state index in [1.807, 2.05) is 4.90 Å². The van der Waals surface area contributed by atoms with Gasteiger partial charge in [0.25, 0.3) is 0 Å². The number of nitrogens with zero attached hydrogens (tertiary/aromatic N) is 1. The zero-order chi connectivity index (χ0) is 14.7. The summed E-state index contributed by atoms with van der Waals surface area (Å²) in [5.41, 5.74) is 0.299. The first kappa shape index (κ1) is 16.4. The molecule has 1 rings (SSSR count). The molecular formula is C15H30N2O2. The van der Waals surface area contributed by atoms with E-state index in [0.29, 0.717) is 6.61 Å². The van der Waals surface area contributed by atoms with Gasteiger partial charge in [0.2, 0.25) is 5.91 Å². The molecule has 4 nitrogen and oxygen atoms in total. The van der Waals surface area contributed by atoms with E-state index in [9.17, 15) is 4.79 Å². The quantitative estimate of drug-likeness (QED) is 0.850. The molecule has 0 radical (unpaired) electrons. The Labute approximate surface area is 117 Å². The third-order valence-electron chi connectivity index (χ3n) is 3.46. The number of amides is 1. The number of carbonyl (C=O) groups is 1. The average Bonchev–Trinajstić information content (AvgIpc) is 2.25. The number of hydrogen-bond acceptors (Lipinski definition) is 3. The molecule has 0 aliphatic carbocycles. The minimum Gasteiger partial charge on any atom is -0.375 e. The monoisotopic (exact) mass is 270 g/mol. The highest BCUT2D eigenvalue weighted by atomic mass is 16.5. The summed E-state index contributed by atoms with van der Waals surface area (Å²) in [7, 11) is 0. The lowest BCUT2D eigenvalue weighted by atomic mass is 9.85. The normalized spacial score (nSPS) is 21.6. The third kappa shape index (κ3) is 6.39. The van der Waals surface area contributed by atoms with E-state index in [0.717, 1.165) is 26.1 Å². The molecule has 112 valence electrons. The summed E-state index contributed by atoms with van der Waals surface area (Å²) in [5.74, 6) is 0.152. The van der Waals surface area contributed by atoms with Gasteiger partial charge in [-0.3, -0.25) is 4.79 Å². The standard InChI is InChI=1S/C15H30N2O2/c1-12(18)17-7-8-19-13(10-17)9-15(5,6)11-16-14(2,3)4/h13,16H,7-11H2,1-6H3/t13-/m0/s1. The highest BCUT2D eigenvalue weighted by Crippen LogP contribution is 2.25. The second-order valence-electron chi connectivity index (χ2n) is 7.43. The number of rotatable bonds is 4. The van der Waals surface area contributed by atoms with Crippen LogP contribution in [0.1, 0.15) is 48.0 Å². The Balaban J connectivity index is 2.46. The zero-order valence-corrected chi connectivity index (χ0v) is 13.4. The van der Waals surface area contributed by atoms with Crippen molar-refractivity contribution < 1.29 is 9.53 Å². The first-order valence-electron chi connectivity index (χ1n) is 7.21. The molecule has 0 unspecified atom stereocenters. The molecule has 19 heavy (non-hydrogen) atoms. The molecule has 1 amide bonds. The van der Waals surface area contributed by atoms with Gasteiger partial charge in [0.1, 0.15) is 0 Å². The van der Waals surface area contributed by atoms with Crippen LogP contribution in [0, 0.1) is 5.41 Å². The Morgan fingerprint density at radius 1 is 1.32 bits per heavy atom. The molecule has 1 saturated heterocycles. The first-order valence-corrected chi connectivity index (χ1v) is 7.21. The van der Waals surface area contributed by atoms with Crippen LogP contribution in [0.25, 0.3) is 0 Å². The largest absolute Gasteiger partial charge is 0.375 e. The highest BCUT2D eigenvalue weighted by Gasteiger charge is 2.29. The summed E-state index contributed by atoms with van der Waals surface area (Å²) >= 11 is 0. The van der Waals surface area contributed by atoms with Crippen molar-refractivity contribution in [2.75, 3.05) is 26.2 Å². The van der Waals surface area contributed by atoms with Gasteiger partial charge < -0.3 is 15.0 Å². The number of ether oxygens (including phenoxy) is 1. The number of hydrogen-bond donors (Lipinski definition) is 1. The van der Waals surface area contributed by atoms with E-state index in [2.05, 4.69) is 39.9 Å². The van der Waals surface area contributed by atoms with Gasteiger partial charge in [0, 0.05) is 32.1 Å². The fourth-order valence-corrected chi connectivity index (χ4v) is 2.32. The van der Waals surface area contributed by atoms with E-state index < -0.39 is 0 Å². The van der Waals surface area contributed by atoms with Crippen LogP contribution in [0.3, 0.4) is 0 Å². The van der Waals surface area contributed by atoms with Crippen LogP contribution in [0.2, 0.25) is 0 Å². The lowest BCUT2D eigenvalue weighted by Crippen LogP contribution is -2.48. The third-order valence-corrected chi connectivity index (χ3v) is 3.46. The summed E-state index contributed by atoms with van der Waals surface area (Å²) in [6.45, 7) is 15.7. The smallest absolute Gasteiger partial charge is 0.219 e. The minimum absolute atomic E-state index is 0.135. The molecule has 1 aliphatic heterocycles. The zero-order valence-electron chi connectivity index (χ0n) is 13.4. The lowest BCUT2D eigenvalue weighted by Gasteiger charge is -2.38. The topological polar surface area (TPSA) is 41.6 Å². The number of carbonyl (C=O) groups excluding carboxylic acids is 1. The summed E-state index contributed by atoms with van der Waals surface area (Å²) in [6.07, 6.45) is 1.13. The molecule has 0 spiro atoms. The Kier molecular flexibility index (Phi) is 5.39. The molecule has 0 aromatic heterocycles. The second-order valence-corrected chi connectivity index (χ2v) is 7.43. The second kappa shape index (κ2) is 6.23. The van der Waals surface area contributed by atoms with Crippen molar-refractivity contribution in [1.82, 2.24) is 10.2 Å². The Morgan fingerprint density at radius 3 is 2.47 bits per heavy atom. The van der Waals surface area contributed by atoms with Gasteiger partial charge in [0.05, 0.1) is 12.7 Å². The Hall–Kier alpha value is -0.610. The van der Waals surface area contributed by atoms with Gasteiger partial charge in [-0.25, -0.2) is 0 Å². The first-order chi connectivity index (χ1) is 8.59. The average molecular weight is 270 g/mol. The molecule has 4 heteroatoms. The molecule has 0 bridgehead atoms. The maximum absolute atomic E-state index is 11.4. The van der Waals surface area contributed by atoms with Crippen molar-refractivity contribution in [2.45, 2.75) is 59.6 Å². The Morgan fingerprint density at radius 2 is 1.95 bits per heavy atom. The van der Waals surface area contributed by atoms with Crippen molar-refractivity contribution in [3.63, 3.8) is 0 Å². The van der Waals surface area contributed by atoms with E-state index >= 15 is 0 Å². The predicted molar refractivity (Wildman–Crippen MR) is 78.1 cm³/mol. The van der Waals surface area contributed by atoms with Gasteiger partial charge in [-0.2, -0.15) is 0 Å². The molecular weight excluding hydrogens is 240 g/mol. The molecule has 0 aromatic carbocycles. The number of morpholine rings is 1. The van der Waals surface area contributed by atoms with E-state index in [-0.39, 0.29) is 23.0 Å². The summed E-state index contributed by atoms with van der Waals surface area (Å²) in [4.78, 5) is 13.3. The van der Waals surface area contributed by atoms with Crippen LogP contribution >= 0.6 is 0 Å². The molecule has 1 atom stereocenters. The van der Waals surface area contributed by atoms with Crippen LogP contribution in [0.4, 0.5) is 0 Å². The van der Waals surface area contributed by atoms with Crippen LogP contribution in [0.15, 0.2) is 0 Å². The van der Waals surface area contributed by atoms with E-state index in [1.165, 1.54) is 0 Å². The molecule has 1 N–H and O–H groups in total. The maximum Gasteiger partial charge on any atom is 0.219 e.